The van der Waals surface area contributed by atoms with Crippen LogP contribution in [0.4, 0.5) is 0 Å². The van der Waals surface area contributed by atoms with Crippen LogP contribution in [0, 0.1) is 11.3 Å². The maximum absolute atomic E-state index is 12.4. The zero-order valence-electron chi connectivity index (χ0n) is 10.6. The van der Waals surface area contributed by atoms with Crippen molar-refractivity contribution in [3.05, 3.63) is 29.6 Å². The van der Waals surface area contributed by atoms with Crippen molar-refractivity contribution < 1.29 is 4.79 Å². The molecule has 0 aliphatic carbocycles. The molecule has 0 aromatic carbocycles. The summed E-state index contributed by atoms with van der Waals surface area (Å²) >= 11 is 0. The summed E-state index contributed by atoms with van der Waals surface area (Å²) in [6.45, 7) is 5.63. The molecule has 1 amide bonds. The third kappa shape index (κ3) is 2.34. The summed E-state index contributed by atoms with van der Waals surface area (Å²) in [5.74, 6) is -0.0685. The fraction of sp³-hybridized carbons (Fsp3) is 0.462. The van der Waals surface area contributed by atoms with Gasteiger partial charge in [-0.2, -0.15) is 5.26 Å². The molecule has 0 radical (unpaired) electrons. The summed E-state index contributed by atoms with van der Waals surface area (Å²) < 4.78 is 0. The third-order valence-electron chi connectivity index (χ3n) is 3.18. The minimum atomic E-state index is -0.0685. The lowest BCUT2D eigenvalue weighted by Crippen LogP contribution is -2.57. The molecule has 2 atom stereocenters. The number of amides is 1. The van der Waals surface area contributed by atoms with E-state index in [0.29, 0.717) is 11.3 Å². The van der Waals surface area contributed by atoms with Crippen LogP contribution in [0.1, 0.15) is 29.9 Å². The molecule has 1 aliphatic rings. The number of pyridine rings is 1. The second kappa shape index (κ2) is 5.15. The molecule has 1 aliphatic heterocycles. The lowest BCUT2D eigenvalue weighted by atomic mass is 10.1. The van der Waals surface area contributed by atoms with Crippen LogP contribution < -0.4 is 5.32 Å². The molecule has 2 unspecified atom stereocenters. The molecule has 1 aromatic heterocycles. The number of piperazine rings is 1. The first-order valence-electron chi connectivity index (χ1n) is 6.03. The standard InChI is InChI=1S/C13H16N4O/c1-9-6-15-7-10(2)17(9)13(18)12-4-3-11(5-14)8-16-12/h3-4,8-10,15H,6-7H2,1-2H3. The Kier molecular flexibility index (Phi) is 3.58. The molecule has 5 heteroatoms. The van der Waals surface area contributed by atoms with Gasteiger partial charge in [0.05, 0.1) is 5.56 Å². The smallest absolute Gasteiger partial charge is 0.273 e. The van der Waals surface area contributed by atoms with Gasteiger partial charge >= 0.3 is 0 Å². The van der Waals surface area contributed by atoms with Crippen LogP contribution in [-0.4, -0.2) is 41.0 Å². The Bertz CT molecular complexity index is 467. The molecule has 0 spiro atoms. The Balaban J connectivity index is 2.21. The van der Waals surface area contributed by atoms with Gasteiger partial charge in [-0.3, -0.25) is 4.79 Å². The summed E-state index contributed by atoms with van der Waals surface area (Å²) in [6, 6.07) is 5.53. The molecule has 1 saturated heterocycles. The summed E-state index contributed by atoms with van der Waals surface area (Å²) in [6.07, 6.45) is 1.44. The summed E-state index contributed by atoms with van der Waals surface area (Å²) in [7, 11) is 0. The van der Waals surface area contributed by atoms with Crippen LogP contribution in [0.15, 0.2) is 18.3 Å². The van der Waals surface area contributed by atoms with Crippen LogP contribution in [-0.2, 0) is 0 Å². The SMILES string of the molecule is CC1CNCC(C)N1C(=O)c1ccc(C#N)cn1. The Morgan fingerprint density at radius 3 is 2.61 bits per heavy atom. The summed E-state index contributed by atoms with van der Waals surface area (Å²) in [5, 5.41) is 12.0. The van der Waals surface area contributed by atoms with E-state index in [4.69, 9.17) is 5.26 Å². The average Bonchev–Trinajstić information content (AvgIpc) is 2.38. The molecule has 5 nitrogen and oxygen atoms in total. The highest BCUT2D eigenvalue weighted by Crippen LogP contribution is 2.14. The van der Waals surface area contributed by atoms with E-state index in [1.165, 1.54) is 6.20 Å². The maximum Gasteiger partial charge on any atom is 0.273 e. The normalized spacial score (nSPS) is 23.5. The van der Waals surface area contributed by atoms with E-state index < -0.39 is 0 Å². The Morgan fingerprint density at radius 1 is 1.44 bits per heavy atom. The second-order valence-corrected chi connectivity index (χ2v) is 4.61. The zero-order chi connectivity index (χ0) is 13.1. The number of carbonyl (C=O) groups excluding carboxylic acids is 1. The van der Waals surface area contributed by atoms with Crippen LogP contribution in [0.25, 0.3) is 0 Å². The molecule has 1 N–H and O–H groups in total. The van der Waals surface area contributed by atoms with E-state index in [2.05, 4.69) is 10.3 Å². The van der Waals surface area contributed by atoms with E-state index in [0.717, 1.165) is 13.1 Å². The predicted molar refractivity (Wildman–Crippen MR) is 66.9 cm³/mol. The second-order valence-electron chi connectivity index (χ2n) is 4.61. The van der Waals surface area contributed by atoms with Gasteiger partial charge in [0.15, 0.2) is 0 Å². The fourth-order valence-corrected chi connectivity index (χ4v) is 2.25. The number of hydrogen-bond donors (Lipinski definition) is 1. The average molecular weight is 244 g/mol. The highest BCUT2D eigenvalue weighted by Gasteiger charge is 2.29. The maximum atomic E-state index is 12.4. The Hall–Kier alpha value is -1.93. The first kappa shape index (κ1) is 12.5. The van der Waals surface area contributed by atoms with Crippen molar-refractivity contribution in [1.29, 1.82) is 5.26 Å². The summed E-state index contributed by atoms with van der Waals surface area (Å²) in [5.41, 5.74) is 0.863. The highest BCUT2D eigenvalue weighted by atomic mass is 16.2. The number of nitrogens with zero attached hydrogens (tertiary/aromatic N) is 3. The van der Waals surface area contributed by atoms with Gasteiger partial charge < -0.3 is 10.2 Å². The molecular formula is C13H16N4O. The van der Waals surface area contributed by atoms with Crippen molar-refractivity contribution in [2.45, 2.75) is 25.9 Å². The van der Waals surface area contributed by atoms with Crippen molar-refractivity contribution in [2.75, 3.05) is 13.1 Å². The molecule has 1 aromatic rings. The minimum Gasteiger partial charge on any atom is -0.329 e. The van der Waals surface area contributed by atoms with Gasteiger partial charge in [0.2, 0.25) is 0 Å². The Morgan fingerprint density at radius 2 is 2.11 bits per heavy atom. The minimum absolute atomic E-state index is 0.0685. The first-order chi connectivity index (χ1) is 8.63. The topological polar surface area (TPSA) is 69.0 Å². The number of nitriles is 1. The van der Waals surface area contributed by atoms with E-state index >= 15 is 0 Å². The van der Waals surface area contributed by atoms with Crippen LogP contribution in [0.5, 0.6) is 0 Å². The lowest BCUT2D eigenvalue weighted by molar-refractivity contribution is 0.0538. The largest absolute Gasteiger partial charge is 0.329 e. The fourth-order valence-electron chi connectivity index (χ4n) is 2.25. The molecule has 1 fully saturated rings. The van der Waals surface area contributed by atoms with E-state index in [1.807, 2.05) is 24.8 Å². The molecule has 94 valence electrons. The zero-order valence-corrected chi connectivity index (χ0v) is 10.6. The summed E-state index contributed by atoms with van der Waals surface area (Å²) in [4.78, 5) is 18.3. The van der Waals surface area contributed by atoms with E-state index in [-0.39, 0.29) is 18.0 Å². The quantitative estimate of drug-likeness (QED) is 0.792. The van der Waals surface area contributed by atoms with Gasteiger partial charge in [0, 0.05) is 31.4 Å². The first-order valence-corrected chi connectivity index (χ1v) is 6.03. The van der Waals surface area contributed by atoms with Gasteiger partial charge in [0.1, 0.15) is 11.8 Å². The van der Waals surface area contributed by atoms with Gasteiger partial charge in [-0.1, -0.05) is 0 Å². The number of carbonyl (C=O) groups is 1. The number of hydrogen-bond acceptors (Lipinski definition) is 4. The van der Waals surface area contributed by atoms with Crippen molar-refractivity contribution in [3.8, 4) is 6.07 Å². The third-order valence-corrected chi connectivity index (χ3v) is 3.18. The molecular weight excluding hydrogens is 228 g/mol. The van der Waals surface area contributed by atoms with Gasteiger partial charge in [-0.25, -0.2) is 4.98 Å². The van der Waals surface area contributed by atoms with Crippen LogP contribution in [0.3, 0.4) is 0 Å². The number of nitrogens with one attached hydrogen (secondary N) is 1. The van der Waals surface area contributed by atoms with Crippen molar-refractivity contribution >= 4 is 5.91 Å². The van der Waals surface area contributed by atoms with Crippen molar-refractivity contribution in [1.82, 2.24) is 15.2 Å². The molecule has 2 rings (SSSR count). The van der Waals surface area contributed by atoms with Gasteiger partial charge in [-0.05, 0) is 26.0 Å². The molecule has 18 heavy (non-hydrogen) atoms. The number of aromatic nitrogens is 1. The van der Waals surface area contributed by atoms with Gasteiger partial charge in [0.25, 0.3) is 5.91 Å². The van der Waals surface area contributed by atoms with Gasteiger partial charge in [-0.15, -0.1) is 0 Å². The predicted octanol–water partition coefficient (Wildman–Crippen LogP) is 0.776. The monoisotopic (exact) mass is 244 g/mol. The molecule has 0 bridgehead atoms. The van der Waals surface area contributed by atoms with Crippen molar-refractivity contribution in [2.24, 2.45) is 0 Å². The highest BCUT2D eigenvalue weighted by molar-refractivity contribution is 5.92. The molecule has 0 saturated carbocycles. The number of rotatable bonds is 1. The Labute approximate surface area is 106 Å². The van der Waals surface area contributed by atoms with Crippen LogP contribution >= 0.6 is 0 Å². The van der Waals surface area contributed by atoms with Crippen LogP contribution in [0.2, 0.25) is 0 Å². The molecule has 2 heterocycles. The lowest BCUT2D eigenvalue weighted by Gasteiger charge is -2.39. The van der Waals surface area contributed by atoms with E-state index in [9.17, 15) is 4.79 Å². The van der Waals surface area contributed by atoms with Crippen molar-refractivity contribution in [3.63, 3.8) is 0 Å². The van der Waals surface area contributed by atoms with E-state index in [1.54, 1.807) is 12.1 Å².